The molecule has 0 N–H and O–H groups in total. The van der Waals surface area contributed by atoms with Gasteiger partial charge in [-0.15, -0.1) is 0 Å². The number of aryl methyl sites for hydroxylation is 2. The van der Waals surface area contributed by atoms with Crippen LogP contribution in [0.1, 0.15) is 42.0 Å². The molecule has 1 saturated heterocycles. The van der Waals surface area contributed by atoms with Crippen LogP contribution in [0.5, 0.6) is 0 Å². The first-order chi connectivity index (χ1) is 11.1. The summed E-state index contributed by atoms with van der Waals surface area (Å²) in [6.07, 6.45) is 4.56. The maximum atomic E-state index is 12.7. The third-order valence-electron chi connectivity index (χ3n) is 4.56. The molecular weight excluding hydrogens is 292 g/mol. The molecule has 6 heteroatoms. The highest BCUT2D eigenvalue weighted by Crippen LogP contribution is 2.25. The van der Waals surface area contributed by atoms with Crippen molar-refractivity contribution in [3.8, 4) is 0 Å². The zero-order chi connectivity index (χ0) is 16.4. The van der Waals surface area contributed by atoms with Gasteiger partial charge in [0.05, 0.1) is 6.04 Å². The third-order valence-corrected chi connectivity index (χ3v) is 4.56. The Hall–Kier alpha value is -2.08. The zero-order valence-electron chi connectivity index (χ0n) is 14.0. The van der Waals surface area contributed by atoms with Gasteiger partial charge in [0.2, 0.25) is 0 Å². The van der Waals surface area contributed by atoms with E-state index in [2.05, 4.69) is 16.8 Å². The fourth-order valence-electron chi connectivity index (χ4n) is 3.17. The molecule has 6 nitrogen and oxygen atoms in total. The van der Waals surface area contributed by atoms with Crippen LogP contribution in [0.25, 0.3) is 0 Å². The Bertz CT molecular complexity index is 676. The molecule has 1 atom stereocenters. The van der Waals surface area contributed by atoms with Crippen LogP contribution in [0.2, 0.25) is 0 Å². The van der Waals surface area contributed by atoms with Crippen molar-refractivity contribution in [3.05, 3.63) is 41.9 Å². The van der Waals surface area contributed by atoms with Gasteiger partial charge in [0, 0.05) is 45.5 Å². The molecule has 3 rings (SSSR count). The van der Waals surface area contributed by atoms with Gasteiger partial charge in [0.25, 0.3) is 5.91 Å². The van der Waals surface area contributed by atoms with E-state index in [-0.39, 0.29) is 11.9 Å². The number of carbonyl (C=O) groups is 1. The molecular formula is C17H24N4O2. The lowest BCUT2D eigenvalue weighted by atomic mass is 10.1. The first-order valence-electron chi connectivity index (χ1n) is 8.23. The molecule has 0 aliphatic carbocycles. The van der Waals surface area contributed by atoms with E-state index >= 15 is 0 Å². The number of likely N-dealkylation sites (N-methyl/N-ethyl adjacent to an activating group) is 1. The van der Waals surface area contributed by atoms with Gasteiger partial charge in [0.1, 0.15) is 11.6 Å². The second-order valence-electron chi connectivity index (χ2n) is 5.91. The molecule has 1 unspecified atom stereocenters. The minimum absolute atomic E-state index is 0.0281. The molecule has 124 valence electrons. The third kappa shape index (κ3) is 3.03. The second-order valence-corrected chi connectivity index (χ2v) is 5.91. The van der Waals surface area contributed by atoms with Crippen molar-refractivity contribution in [1.82, 2.24) is 19.4 Å². The molecule has 0 spiro atoms. The van der Waals surface area contributed by atoms with Crippen LogP contribution in [-0.4, -0.2) is 51.4 Å². The predicted octanol–water partition coefficient (Wildman–Crippen LogP) is 2.09. The molecule has 3 heterocycles. The van der Waals surface area contributed by atoms with Gasteiger partial charge in [-0.3, -0.25) is 9.69 Å². The summed E-state index contributed by atoms with van der Waals surface area (Å²) in [5.74, 6) is 2.25. The number of rotatable bonds is 4. The maximum absolute atomic E-state index is 12.7. The molecule has 0 aromatic carbocycles. The second kappa shape index (κ2) is 6.58. The van der Waals surface area contributed by atoms with E-state index in [1.165, 1.54) is 0 Å². The fourth-order valence-corrected chi connectivity index (χ4v) is 3.17. The number of piperazine rings is 1. The maximum Gasteiger partial charge on any atom is 0.289 e. The van der Waals surface area contributed by atoms with Crippen molar-refractivity contribution in [2.24, 2.45) is 7.05 Å². The van der Waals surface area contributed by atoms with Crippen molar-refractivity contribution < 1.29 is 9.21 Å². The number of aromatic nitrogens is 2. The molecule has 1 aliphatic rings. The highest BCUT2D eigenvalue weighted by Gasteiger charge is 2.33. The normalized spacial score (nSPS) is 19.3. The lowest BCUT2D eigenvalue weighted by molar-refractivity contribution is 0.0445. The number of carbonyl (C=O) groups excluding carboxylic acids is 1. The summed E-state index contributed by atoms with van der Waals surface area (Å²) in [6, 6.07) is 3.79. The van der Waals surface area contributed by atoms with Crippen LogP contribution in [0.15, 0.2) is 28.9 Å². The van der Waals surface area contributed by atoms with Crippen LogP contribution < -0.4 is 0 Å². The van der Waals surface area contributed by atoms with Gasteiger partial charge in [0.15, 0.2) is 5.76 Å². The molecule has 1 aliphatic heterocycles. The van der Waals surface area contributed by atoms with Crippen LogP contribution in [0.4, 0.5) is 0 Å². The molecule has 0 radical (unpaired) electrons. The van der Waals surface area contributed by atoms with E-state index in [0.717, 1.165) is 37.6 Å². The topological polar surface area (TPSA) is 54.5 Å². The first kappa shape index (κ1) is 15.8. The van der Waals surface area contributed by atoms with E-state index in [0.29, 0.717) is 12.3 Å². The highest BCUT2D eigenvalue weighted by atomic mass is 16.4. The van der Waals surface area contributed by atoms with Crippen LogP contribution in [-0.2, 0) is 13.5 Å². The van der Waals surface area contributed by atoms with E-state index in [9.17, 15) is 4.79 Å². The molecule has 0 saturated carbocycles. The molecule has 2 aromatic heterocycles. The summed E-state index contributed by atoms with van der Waals surface area (Å²) >= 11 is 0. The predicted molar refractivity (Wildman–Crippen MR) is 87.2 cm³/mol. The number of hydrogen-bond acceptors (Lipinski definition) is 4. The van der Waals surface area contributed by atoms with Crippen molar-refractivity contribution in [2.45, 2.75) is 26.3 Å². The van der Waals surface area contributed by atoms with Gasteiger partial charge >= 0.3 is 0 Å². The summed E-state index contributed by atoms with van der Waals surface area (Å²) in [6.45, 7) is 7.31. The quantitative estimate of drug-likeness (QED) is 0.867. The largest absolute Gasteiger partial charge is 0.456 e. The van der Waals surface area contributed by atoms with Gasteiger partial charge in [-0.1, -0.05) is 13.8 Å². The zero-order valence-corrected chi connectivity index (χ0v) is 14.0. The van der Waals surface area contributed by atoms with E-state index in [1.54, 1.807) is 6.07 Å². The Morgan fingerprint density at radius 1 is 1.35 bits per heavy atom. The monoisotopic (exact) mass is 316 g/mol. The van der Waals surface area contributed by atoms with Crippen molar-refractivity contribution in [2.75, 3.05) is 26.2 Å². The number of imidazole rings is 1. The Morgan fingerprint density at radius 3 is 2.78 bits per heavy atom. The number of nitrogens with zero attached hydrogens (tertiary/aromatic N) is 4. The average Bonchev–Trinajstić information content (AvgIpc) is 3.22. The van der Waals surface area contributed by atoms with Gasteiger partial charge in [-0.25, -0.2) is 4.98 Å². The fraction of sp³-hybridized carbons (Fsp3) is 0.529. The van der Waals surface area contributed by atoms with Gasteiger partial charge in [-0.05, 0) is 18.7 Å². The van der Waals surface area contributed by atoms with E-state index in [4.69, 9.17) is 4.42 Å². The van der Waals surface area contributed by atoms with Crippen LogP contribution in [0, 0.1) is 0 Å². The van der Waals surface area contributed by atoms with Crippen LogP contribution in [0.3, 0.4) is 0 Å². The van der Waals surface area contributed by atoms with Crippen LogP contribution >= 0.6 is 0 Å². The summed E-state index contributed by atoms with van der Waals surface area (Å²) < 4.78 is 7.66. The Kier molecular flexibility index (Phi) is 4.52. The average molecular weight is 316 g/mol. The Balaban J connectivity index is 1.79. The minimum atomic E-state index is -0.0281. The van der Waals surface area contributed by atoms with Gasteiger partial charge in [-0.2, -0.15) is 0 Å². The Morgan fingerprint density at radius 2 is 2.17 bits per heavy atom. The first-order valence-corrected chi connectivity index (χ1v) is 8.23. The van der Waals surface area contributed by atoms with Gasteiger partial charge < -0.3 is 13.9 Å². The lowest BCUT2D eigenvalue weighted by Gasteiger charge is -2.40. The molecule has 1 fully saturated rings. The number of amides is 1. The molecule has 1 amide bonds. The van der Waals surface area contributed by atoms with Crippen molar-refractivity contribution in [3.63, 3.8) is 0 Å². The highest BCUT2D eigenvalue weighted by molar-refractivity contribution is 5.91. The lowest BCUT2D eigenvalue weighted by Crippen LogP contribution is -2.50. The summed E-state index contributed by atoms with van der Waals surface area (Å²) in [7, 11) is 2.00. The minimum Gasteiger partial charge on any atom is -0.456 e. The van der Waals surface area contributed by atoms with Crippen molar-refractivity contribution in [1.29, 1.82) is 0 Å². The SMILES string of the molecule is CCc1ccc(C(=O)N2CCN(CC)C(c3nccn3C)C2)o1. The number of furan rings is 1. The molecule has 2 aromatic rings. The van der Waals surface area contributed by atoms with E-state index < -0.39 is 0 Å². The summed E-state index contributed by atoms with van der Waals surface area (Å²) in [5.41, 5.74) is 0. The standard InChI is InChI=1S/C17H24N4O2/c1-4-13-6-7-15(23-13)17(22)21-11-10-20(5-2)14(12-21)16-18-8-9-19(16)3/h6-9,14H,4-5,10-12H2,1-3H3. The summed E-state index contributed by atoms with van der Waals surface area (Å²) in [4.78, 5) is 21.4. The molecule has 0 bridgehead atoms. The number of hydrogen-bond donors (Lipinski definition) is 0. The smallest absolute Gasteiger partial charge is 0.289 e. The Labute approximate surface area is 136 Å². The molecule has 23 heavy (non-hydrogen) atoms. The summed E-state index contributed by atoms with van der Waals surface area (Å²) in [5, 5.41) is 0. The van der Waals surface area contributed by atoms with Crippen molar-refractivity contribution >= 4 is 5.91 Å². The van der Waals surface area contributed by atoms with E-state index in [1.807, 2.05) is 41.9 Å².